The molecule has 0 saturated carbocycles. The molecule has 26 heavy (non-hydrogen) atoms. The van der Waals surface area contributed by atoms with Crippen LogP contribution in [0.25, 0.3) is 5.13 Å². The molecule has 0 radical (unpaired) electrons. The van der Waals surface area contributed by atoms with Crippen molar-refractivity contribution in [2.24, 2.45) is 0 Å². The number of aromatic nitrogens is 3. The van der Waals surface area contributed by atoms with Crippen LogP contribution < -0.4 is 10.2 Å². The maximum Gasteiger partial charge on any atom is 0.218 e. The molecule has 136 valence electrons. The van der Waals surface area contributed by atoms with Gasteiger partial charge in [-0.3, -0.25) is 4.57 Å². The quantitative estimate of drug-likeness (QED) is 0.724. The number of anilines is 1. The molecule has 0 atom stereocenters. The van der Waals surface area contributed by atoms with Gasteiger partial charge in [0.25, 0.3) is 0 Å². The zero-order valence-electron chi connectivity index (χ0n) is 15.0. The van der Waals surface area contributed by atoms with E-state index >= 15 is 0 Å². The second-order valence-corrected chi connectivity index (χ2v) is 7.55. The van der Waals surface area contributed by atoms with Crippen LogP contribution in [0.5, 0.6) is 0 Å². The zero-order chi connectivity index (χ0) is 17.8. The maximum absolute atomic E-state index is 4.43. The lowest BCUT2D eigenvalue weighted by Gasteiger charge is -2.31. The van der Waals surface area contributed by atoms with E-state index < -0.39 is 0 Å². The summed E-state index contributed by atoms with van der Waals surface area (Å²) in [5, 5.41) is 14.3. The van der Waals surface area contributed by atoms with Crippen LogP contribution in [-0.2, 0) is 13.1 Å². The van der Waals surface area contributed by atoms with Gasteiger partial charge in [-0.15, -0.1) is 10.2 Å². The van der Waals surface area contributed by atoms with E-state index in [9.17, 15) is 0 Å². The lowest BCUT2D eigenvalue weighted by Crippen LogP contribution is -2.44. The number of hydrogen-bond acceptors (Lipinski definition) is 6. The first-order chi connectivity index (χ1) is 12.8. The van der Waals surface area contributed by atoms with Gasteiger partial charge in [-0.05, 0) is 24.7 Å². The van der Waals surface area contributed by atoms with Gasteiger partial charge in [-0.25, -0.2) is 0 Å². The maximum atomic E-state index is 4.43. The van der Waals surface area contributed by atoms with Crippen LogP contribution in [0.4, 0.5) is 5.13 Å². The molecule has 0 bridgehead atoms. The van der Waals surface area contributed by atoms with Crippen molar-refractivity contribution in [3.63, 3.8) is 0 Å². The lowest BCUT2D eigenvalue weighted by atomic mass is 10.2. The largest absolute Gasteiger partial charge is 0.344 e. The number of piperazine rings is 1. The van der Waals surface area contributed by atoms with E-state index in [1.54, 1.807) is 11.3 Å². The van der Waals surface area contributed by atoms with Crippen molar-refractivity contribution in [2.75, 3.05) is 38.1 Å². The third kappa shape index (κ3) is 3.95. The highest BCUT2D eigenvalue weighted by Crippen LogP contribution is 2.25. The molecule has 3 heterocycles. The Kier molecular flexibility index (Phi) is 5.29. The SMILES string of the molecule is CN1CCN(c2nnc(-n3cccc3CNCc3ccccc3)s2)CC1. The molecule has 0 spiro atoms. The van der Waals surface area contributed by atoms with Crippen LogP contribution in [0.3, 0.4) is 0 Å². The fourth-order valence-corrected chi connectivity index (χ4v) is 4.02. The molecular weight excluding hydrogens is 344 g/mol. The fourth-order valence-electron chi connectivity index (χ4n) is 3.11. The Bertz CT molecular complexity index is 819. The third-order valence-electron chi connectivity index (χ3n) is 4.69. The summed E-state index contributed by atoms with van der Waals surface area (Å²) in [7, 11) is 2.16. The average Bonchev–Trinajstić information content (AvgIpc) is 3.32. The molecule has 0 unspecified atom stereocenters. The number of nitrogens with one attached hydrogen (secondary N) is 1. The Morgan fingerprint density at radius 3 is 2.50 bits per heavy atom. The van der Waals surface area contributed by atoms with Gasteiger partial charge in [0.15, 0.2) is 0 Å². The van der Waals surface area contributed by atoms with Crippen LogP contribution in [0, 0.1) is 0 Å². The summed E-state index contributed by atoms with van der Waals surface area (Å²) in [5.74, 6) is 0. The van der Waals surface area contributed by atoms with Gasteiger partial charge in [0.05, 0.1) is 0 Å². The first-order valence-corrected chi connectivity index (χ1v) is 9.79. The minimum absolute atomic E-state index is 0.797. The molecule has 6 nitrogen and oxygen atoms in total. The van der Waals surface area contributed by atoms with Crippen LogP contribution in [0.1, 0.15) is 11.3 Å². The predicted molar refractivity (Wildman–Crippen MR) is 106 cm³/mol. The van der Waals surface area contributed by atoms with E-state index in [4.69, 9.17) is 0 Å². The van der Waals surface area contributed by atoms with Gasteiger partial charge in [-0.1, -0.05) is 41.7 Å². The van der Waals surface area contributed by atoms with Crippen molar-refractivity contribution in [1.82, 2.24) is 25.0 Å². The number of hydrogen-bond donors (Lipinski definition) is 1. The molecule has 1 aliphatic rings. The first kappa shape index (κ1) is 17.2. The molecule has 1 N–H and O–H groups in total. The Balaban J connectivity index is 1.40. The Morgan fingerprint density at radius 1 is 0.923 bits per heavy atom. The van der Waals surface area contributed by atoms with Gasteiger partial charge in [-0.2, -0.15) is 0 Å². The van der Waals surface area contributed by atoms with Crippen molar-refractivity contribution >= 4 is 16.5 Å². The fraction of sp³-hybridized carbons (Fsp3) is 0.368. The number of nitrogens with zero attached hydrogens (tertiary/aromatic N) is 5. The molecule has 1 fully saturated rings. The highest BCUT2D eigenvalue weighted by Gasteiger charge is 2.18. The molecule has 7 heteroatoms. The zero-order valence-corrected chi connectivity index (χ0v) is 15.8. The molecule has 1 aliphatic heterocycles. The molecule has 1 saturated heterocycles. The van der Waals surface area contributed by atoms with Crippen LogP contribution in [0.2, 0.25) is 0 Å². The molecule has 3 aromatic rings. The van der Waals surface area contributed by atoms with Crippen LogP contribution in [0.15, 0.2) is 48.7 Å². The Labute approximate surface area is 158 Å². The van der Waals surface area contributed by atoms with Gasteiger partial charge in [0, 0.05) is 51.2 Å². The van der Waals surface area contributed by atoms with E-state index in [-0.39, 0.29) is 0 Å². The summed E-state index contributed by atoms with van der Waals surface area (Å²) >= 11 is 1.66. The van der Waals surface area contributed by atoms with Gasteiger partial charge >= 0.3 is 0 Å². The smallest absolute Gasteiger partial charge is 0.218 e. The van der Waals surface area contributed by atoms with Crippen LogP contribution in [-0.4, -0.2) is 52.9 Å². The summed E-state index contributed by atoms with van der Waals surface area (Å²) in [6, 6.07) is 14.7. The molecular formula is C19H24N6S. The molecule has 2 aromatic heterocycles. The van der Waals surface area contributed by atoms with Gasteiger partial charge in [0.1, 0.15) is 0 Å². The standard InChI is InChI=1S/C19H24N6S/c1-23-10-12-24(13-11-23)18-21-22-19(26-18)25-9-5-8-17(25)15-20-14-16-6-3-2-4-7-16/h2-9,20H,10-15H2,1H3. The Morgan fingerprint density at radius 2 is 1.69 bits per heavy atom. The summed E-state index contributed by atoms with van der Waals surface area (Å²) in [6.07, 6.45) is 2.06. The van der Waals surface area contributed by atoms with E-state index in [2.05, 4.69) is 79.5 Å². The predicted octanol–water partition coefficient (Wildman–Crippen LogP) is 2.37. The summed E-state index contributed by atoms with van der Waals surface area (Å²) in [6.45, 7) is 5.84. The van der Waals surface area contributed by atoms with Gasteiger partial charge in [0.2, 0.25) is 10.3 Å². The van der Waals surface area contributed by atoms with Gasteiger partial charge < -0.3 is 15.1 Å². The molecule has 0 amide bonds. The summed E-state index contributed by atoms with van der Waals surface area (Å²) in [5.41, 5.74) is 2.49. The van der Waals surface area contributed by atoms with Crippen molar-refractivity contribution in [1.29, 1.82) is 0 Å². The highest BCUT2D eigenvalue weighted by molar-refractivity contribution is 7.17. The van der Waals surface area contributed by atoms with Crippen molar-refractivity contribution in [3.8, 4) is 5.13 Å². The molecule has 1 aromatic carbocycles. The third-order valence-corrected chi connectivity index (χ3v) is 5.68. The average molecular weight is 369 g/mol. The Hall–Kier alpha value is -2.22. The van der Waals surface area contributed by atoms with E-state index in [1.807, 2.05) is 6.07 Å². The van der Waals surface area contributed by atoms with Crippen molar-refractivity contribution in [3.05, 3.63) is 59.9 Å². The van der Waals surface area contributed by atoms with E-state index in [0.717, 1.165) is 49.5 Å². The van der Waals surface area contributed by atoms with Crippen LogP contribution >= 0.6 is 11.3 Å². The summed E-state index contributed by atoms with van der Waals surface area (Å²) < 4.78 is 2.13. The highest BCUT2D eigenvalue weighted by atomic mass is 32.1. The topological polar surface area (TPSA) is 49.2 Å². The lowest BCUT2D eigenvalue weighted by molar-refractivity contribution is 0.312. The minimum Gasteiger partial charge on any atom is -0.344 e. The second kappa shape index (κ2) is 7.99. The first-order valence-electron chi connectivity index (χ1n) is 8.98. The molecule has 0 aliphatic carbocycles. The normalized spacial score (nSPS) is 15.5. The van der Waals surface area contributed by atoms with E-state index in [0.29, 0.717) is 0 Å². The minimum atomic E-state index is 0.797. The number of benzene rings is 1. The second-order valence-electron chi connectivity index (χ2n) is 6.62. The number of rotatable bonds is 6. The summed E-state index contributed by atoms with van der Waals surface area (Å²) in [4.78, 5) is 4.68. The van der Waals surface area contributed by atoms with Crippen molar-refractivity contribution < 1.29 is 0 Å². The molecule has 4 rings (SSSR count). The monoisotopic (exact) mass is 368 g/mol. The number of likely N-dealkylation sites (N-methyl/N-ethyl adjacent to an activating group) is 1. The van der Waals surface area contributed by atoms with E-state index in [1.165, 1.54) is 11.3 Å². The van der Waals surface area contributed by atoms with Crippen molar-refractivity contribution in [2.45, 2.75) is 13.1 Å².